The van der Waals surface area contributed by atoms with E-state index in [0.29, 0.717) is 0 Å². The highest BCUT2D eigenvalue weighted by molar-refractivity contribution is 6.02. The third-order valence-corrected chi connectivity index (χ3v) is 2.49. The number of carbonyl (C=O) groups excluding carboxylic acids is 3. The average Bonchev–Trinajstić information content (AvgIpc) is 2.55. The molecule has 2 atom stereocenters. The molecule has 15 heavy (non-hydrogen) atoms. The summed E-state index contributed by atoms with van der Waals surface area (Å²) >= 11 is 0. The normalized spacial score (nSPS) is 20.3. The van der Waals surface area contributed by atoms with E-state index in [4.69, 9.17) is 5.73 Å². The van der Waals surface area contributed by atoms with Crippen molar-refractivity contribution in [2.75, 3.05) is 7.11 Å². The first kappa shape index (κ1) is 11.6. The highest BCUT2D eigenvalue weighted by atomic mass is 16.5. The van der Waals surface area contributed by atoms with Gasteiger partial charge in [-0.2, -0.15) is 0 Å². The molecule has 84 valence electrons. The Morgan fingerprint density at radius 1 is 1.40 bits per heavy atom. The summed E-state index contributed by atoms with van der Waals surface area (Å²) < 4.78 is 4.45. The third kappa shape index (κ3) is 2.15. The number of ether oxygens (including phenoxy) is 1. The first-order valence-corrected chi connectivity index (χ1v) is 4.67. The summed E-state index contributed by atoms with van der Waals surface area (Å²) in [5, 5.41) is 0. The van der Waals surface area contributed by atoms with E-state index in [-0.39, 0.29) is 24.7 Å². The molecule has 1 aliphatic heterocycles. The zero-order valence-electron chi connectivity index (χ0n) is 8.73. The highest BCUT2D eigenvalue weighted by Gasteiger charge is 2.37. The molecule has 1 rings (SSSR count). The van der Waals surface area contributed by atoms with Crippen molar-refractivity contribution in [2.45, 2.75) is 31.8 Å². The van der Waals surface area contributed by atoms with Crippen molar-refractivity contribution in [3.05, 3.63) is 0 Å². The molecule has 0 spiro atoms. The average molecular weight is 214 g/mol. The van der Waals surface area contributed by atoms with Crippen LogP contribution < -0.4 is 5.73 Å². The summed E-state index contributed by atoms with van der Waals surface area (Å²) in [7, 11) is 1.21. The Morgan fingerprint density at radius 2 is 1.87 bits per heavy atom. The maximum atomic E-state index is 11.3. The van der Waals surface area contributed by atoms with E-state index in [1.54, 1.807) is 6.92 Å². The van der Waals surface area contributed by atoms with Crippen LogP contribution in [0.3, 0.4) is 0 Å². The predicted molar refractivity (Wildman–Crippen MR) is 50.5 cm³/mol. The van der Waals surface area contributed by atoms with E-state index in [9.17, 15) is 14.4 Å². The van der Waals surface area contributed by atoms with Crippen LogP contribution in [0.2, 0.25) is 0 Å². The SMILES string of the molecule is COC(=O)[C@H](N)[C@@H](C)N1C(=O)CCC1=O. The lowest BCUT2D eigenvalue weighted by Crippen LogP contribution is -2.52. The Balaban J connectivity index is 2.75. The molecular formula is C9H14N2O4. The summed E-state index contributed by atoms with van der Waals surface area (Å²) in [5.74, 6) is -1.20. The Hall–Kier alpha value is -1.43. The number of esters is 1. The van der Waals surface area contributed by atoms with Crippen LogP contribution in [0.15, 0.2) is 0 Å². The number of nitrogens with zero attached hydrogens (tertiary/aromatic N) is 1. The van der Waals surface area contributed by atoms with Gasteiger partial charge >= 0.3 is 5.97 Å². The molecule has 0 bridgehead atoms. The monoisotopic (exact) mass is 214 g/mol. The van der Waals surface area contributed by atoms with Gasteiger partial charge in [-0.3, -0.25) is 19.3 Å². The largest absolute Gasteiger partial charge is 0.468 e. The molecule has 6 nitrogen and oxygen atoms in total. The summed E-state index contributed by atoms with van der Waals surface area (Å²) in [6.07, 6.45) is 0.383. The van der Waals surface area contributed by atoms with Gasteiger partial charge in [-0.1, -0.05) is 0 Å². The maximum Gasteiger partial charge on any atom is 0.324 e. The molecular weight excluding hydrogens is 200 g/mol. The second-order valence-electron chi connectivity index (χ2n) is 3.45. The molecule has 0 aromatic heterocycles. The number of carbonyl (C=O) groups is 3. The first-order chi connectivity index (χ1) is 6.99. The van der Waals surface area contributed by atoms with E-state index in [1.807, 2.05) is 0 Å². The van der Waals surface area contributed by atoms with Crippen molar-refractivity contribution in [1.29, 1.82) is 0 Å². The number of hydrogen-bond acceptors (Lipinski definition) is 5. The molecule has 1 heterocycles. The number of methoxy groups -OCH3 is 1. The van der Waals surface area contributed by atoms with E-state index in [2.05, 4.69) is 4.74 Å². The molecule has 1 saturated heterocycles. The zero-order chi connectivity index (χ0) is 11.6. The van der Waals surface area contributed by atoms with Gasteiger partial charge in [0, 0.05) is 12.8 Å². The summed E-state index contributed by atoms with van der Waals surface area (Å²) in [5.41, 5.74) is 5.55. The van der Waals surface area contributed by atoms with Gasteiger partial charge in [-0.05, 0) is 6.92 Å². The number of amides is 2. The topological polar surface area (TPSA) is 89.7 Å². The molecule has 0 unspecified atom stereocenters. The highest BCUT2D eigenvalue weighted by Crippen LogP contribution is 2.16. The molecule has 0 aromatic carbocycles. The molecule has 1 aliphatic rings. The third-order valence-electron chi connectivity index (χ3n) is 2.49. The quantitative estimate of drug-likeness (QED) is 0.482. The van der Waals surface area contributed by atoms with Crippen molar-refractivity contribution in [3.8, 4) is 0 Å². The van der Waals surface area contributed by atoms with Crippen LogP contribution in [0, 0.1) is 0 Å². The summed E-state index contributed by atoms with van der Waals surface area (Å²) in [6, 6.07) is -1.64. The van der Waals surface area contributed by atoms with Crippen LogP contribution in [0.25, 0.3) is 0 Å². The lowest BCUT2D eigenvalue weighted by molar-refractivity contribution is -0.147. The van der Waals surface area contributed by atoms with E-state index in [0.717, 1.165) is 4.90 Å². The maximum absolute atomic E-state index is 11.3. The van der Waals surface area contributed by atoms with Crippen LogP contribution >= 0.6 is 0 Å². The minimum absolute atomic E-state index is 0.192. The lowest BCUT2D eigenvalue weighted by atomic mass is 10.1. The molecule has 2 N–H and O–H groups in total. The van der Waals surface area contributed by atoms with Crippen molar-refractivity contribution < 1.29 is 19.1 Å². The first-order valence-electron chi connectivity index (χ1n) is 4.67. The van der Waals surface area contributed by atoms with E-state index >= 15 is 0 Å². The van der Waals surface area contributed by atoms with E-state index in [1.165, 1.54) is 7.11 Å². The molecule has 1 fully saturated rings. The fourth-order valence-electron chi connectivity index (χ4n) is 1.54. The number of nitrogens with two attached hydrogens (primary N) is 1. The zero-order valence-corrected chi connectivity index (χ0v) is 8.73. The smallest absolute Gasteiger partial charge is 0.324 e. The number of imide groups is 1. The van der Waals surface area contributed by atoms with Crippen molar-refractivity contribution in [1.82, 2.24) is 4.90 Å². The summed E-state index contributed by atoms with van der Waals surface area (Å²) in [6.45, 7) is 1.56. The number of hydrogen-bond donors (Lipinski definition) is 1. The minimum Gasteiger partial charge on any atom is -0.468 e. The van der Waals surface area contributed by atoms with Gasteiger partial charge in [0.1, 0.15) is 6.04 Å². The Kier molecular flexibility index (Phi) is 3.41. The Morgan fingerprint density at radius 3 is 2.27 bits per heavy atom. The molecule has 0 aromatic rings. The molecule has 0 radical (unpaired) electrons. The fraction of sp³-hybridized carbons (Fsp3) is 0.667. The van der Waals surface area contributed by atoms with Gasteiger partial charge < -0.3 is 10.5 Å². The molecule has 6 heteroatoms. The van der Waals surface area contributed by atoms with Crippen LogP contribution in [-0.4, -0.2) is 41.9 Å². The Bertz CT molecular complexity index is 286. The molecule has 0 aliphatic carbocycles. The summed E-state index contributed by atoms with van der Waals surface area (Å²) in [4.78, 5) is 34.8. The molecule has 0 saturated carbocycles. The van der Waals surface area contributed by atoms with Gasteiger partial charge in [0.05, 0.1) is 13.2 Å². The van der Waals surface area contributed by atoms with Crippen molar-refractivity contribution in [3.63, 3.8) is 0 Å². The lowest BCUT2D eigenvalue weighted by Gasteiger charge is -2.26. The Labute approximate surface area is 87.4 Å². The van der Waals surface area contributed by atoms with Gasteiger partial charge in [-0.25, -0.2) is 0 Å². The van der Waals surface area contributed by atoms with Gasteiger partial charge in [0.2, 0.25) is 11.8 Å². The van der Waals surface area contributed by atoms with Gasteiger partial charge in [0.25, 0.3) is 0 Å². The standard InChI is InChI=1S/C9H14N2O4/c1-5(8(10)9(14)15-2)11-6(12)3-4-7(11)13/h5,8H,3-4,10H2,1-2H3/t5-,8-/m1/s1. The number of likely N-dealkylation sites (tertiary alicyclic amines) is 1. The van der Waals surface area contributed by atoms with Crippen LogP contribution in [0.5, 0.6) is 0 Å². The molecule has 2 amide bonds. The predicted octanol–water partition coefficient (Wildman–Crippen LogP) is -0.976. The number of rotatable bonds is 3. The van der Waals surface area contributed by atoms with Gasteiger partial charge in [0.15, 0.2) is 0 Å². The van der Waals surface area contributed by atoms with Gasteiger partial charge in [-0.15, -0.1) is 0 Å². The van der Waals surface area contributed by atoms with Crippen molar-refractivity contribution >= 4 is 17.8 Å². The second-order valence-corrected chi connectivity index (χ2v) is 3.45. The second kappa shape index (κ2) is 4.39. The van der Waals surface area contributed by atoms with E-state index < -0.39 is 18.1 Å². The van der Waals surface area contributed by atoms with Crippen LogP contribution in [-0.2, 0) is 19.1 Å². The van der Waals surface area contributed by atoms with Crippen molar-refractivity contribution in [2.24, 2.45) is 5.73 Å². The van der Waals surface area contributed by atoms with Crippen LogP contribution in [0.4, 0.5) is 0 Å². The fourth-order valence-corrected chi connectivity index (χ4v) is 1.54. The minimum atomic E-state index is -0.985. The van der Waals surface area contributed by atoms with Crippen LogP contribution in [0.1, 0.15) is 19.8 Å².